The summed E-state index contributed by atoms with van der Waals surface area (Å²) in [5.41, 5.74) is -2.29. The van der Waals surface area contributed by atoms with Gasteiger partial charge in [-0.15, -0.1) is 0 Å². The van der Waals surface area contributed by atoms with E-state index in [2.05, 4.69) is 0 Å². The van der Waals surface area contributed by atoms with Crippen LogP contribution in [0.25, 0.3) is 0 Å². The molecule has 1 aromatic carbocycles. The molecule has 2 aliphatic carbocycles. The van der Waals surface area contributed by atoms with Gasteiger partial charge in [0.1, 0.15) is 12.1 Å². The lowest BCUT2D eigenvalue weighted by molar-refractivity contribution is -0.262. The third-order valence-corrected chi connectivity index (χ3v) is 5.16. The monoisotopic (exact) mass is 357 g/mol. The molecule has 0 bridgehead atoms. The zero-order valence-corrected chi connectivity index (χ0v) is 13.3. The number of carboxylic acids is 1. The molecule has 1 spiro atoms. The lowest BCUT2D eigenvalue weighted by Gasteiger charge is -2.62. The third kappa shape index (κ3) is 3.29. The van der Waals surface area contributed by atoms with Crippen molar-refractivity contribution in [1.29, 1.82) is 0 Å². The number of aliphatic carboxylic acids is 1. The topological polar surface area (TPSA) is 75.6 Å². The standard InChI is InChI=1S/C17H18F3NO4/c18-17(19,20)16(9-15(10-16)6-12(7-15)13(22)23)21-14(24)25-8-11-4-2-1-3-5-11/h1-5,12H,6-10H2,(H,21,24)(H,22,23). The van der Waals surface area contributed by atoms with Crippen LogP contribution in [0.4, 0.5) is 18.0 Å². The first kappa shape index (κ1) is 17.6. The van der Waals surface area contributed by atoms with Crippen molar-refractivity contribution in [3.63, 3.8) is 0 Å². The van der Waals surface area contributed by atoms with E-state index in [4.69, 9.17) is 9.84 Å². The molecule has 0 atom stereocenters. The minimum atomic E-state index is -4.61. The molecule has 3 rings (SSSR count). The summed E-state index contributed by atoms with van der Waals surface area (Å²) in [6, 6.07) is 8.65. The molecule has 8 heteroatoms. The molecule has 2 aliphatic rings. The Morgan fingerprint density at radius 2 is 1.80 bits per heavy atom. The van der Waals surface area contributed by atoms with Crippen molar-refractivity contribution in [2.24, 2.45) is 11.3 Å². The highest BCUT2D eigenvalue weighted by Gasteiger charge is 2.71. The molecular formula is C17H18F3NO4. The maximum Gasteiger partial charge on any atom is 0.411 e. The Balaban J connectivity index is 1.58. The first-order chi connectivity index (χ1) is 11.6. The van der Waals surface area contributed by atoms with Gasteiger partial charge in [-0.1, -0.05) is 30.3 Å². The van der Waals surface area contributed by atoms with Gasteiger partial charge in [-0.05, 0) is 36.7 Å². The molecule has 1 amide bonds. The van der Waals surface area contributed by atoms with Crippen LogP contribution in [-0.4, -0.2) is 28.9 Å². The molecule has 136 valence electrons. The molecule has 0 unspecified atom stereocenters. The van der Waals surface area contributed by atoms with Crippen LogP contribution in [0.3, 0.4) is 0 Å². The normalized spacial score (nSPS) is 30.9. The van der Waals surface area contributed by atoms with E-state index < -0.39 is 35.1 Å². The predicted molar refractivity (Wildman–Crippen MR) is 80.6 cm³/mol. The Morgan fingerprint density at radius 1 is 1.20 bits per heavy atom. The number of hydrogen-bond donors (Lipinski definition) is 2. The zero-order chi connectivity index (χ0) is 18.3. The molecule has 2 saturated carbocycles. The minimum absolute atomic E-state index is 0.118. The molecule has 25 heavy (non-hydrogen) atoms. The molecule has 0 aliphatic heterocycles. The number of carbonyl (C=O) groups is 2. The van der Waals surface area contributed by atoms with Gasteiger partial charge in [-0.3, -0.25) is 4.79 Å². The second kappa shape index (κ2) is 5.93. The van der Waals surface area contributed by atoms with Crippen molar-refractivity contribution in [1.82, 2.24) is 5.32 Å². The molecule has 2 N–H and O–H groups in total. The summed E-state index contributed by atoms with van der Waals surface area (Å²) >= 11 is 0. The van der Waals surface area contributed by atoms with E-state index in [0.29, 0.717) is 5.56 Å². The Bertz CT molecular complexity index is 660. The van der Waals surface area contributed by atoms with E-state index >= 15 is 0 Å². The summed E-state index contributed by atoms with van der Waals surface area (Å²) < 4.78 is 45.2. The summed E-state index contributed by atoms with van der Waals surface area (Å²) in [6.07, 6.45) is -5.88. The molecule has 5 nitrogen and oxygen atoms in total. The van der Waals surface area contributed by atoms with Gasteiger partial charge >= 0.3 is 18.2 Å². The van der Waals surface area contributed by atoms with Crippen molar-refractivity contribution in [3.05, 3.63) is 35.9 Å². The van der Waals surface area contributed by atoms with Crippen molar-refractivity contribution in [3.8, 4) is 0 Å². The Hall–Kier alpha value is -2.25. The van der Waals surface area contributed by atoms with E-state index in [1.54, 1.807) is 30.3 Å². The average molecular weight is 357 g/mol. The van der Waals surface area contributed by atoms with Gasteiger partial charge in [0.15, 0.2) is 0 Å². The van der Waals surface area contributed by atoms with E-state index in [9.17, 15) is 22.8 Å². The van der Waals surface area contributed by atoms with Gasteiger partial charge in [0.25, 0.3) is 0 Å². The SMILES string of the molecule is O=C(NC1(C(F)(F)F)CC2(CC(C(=O)O)C2)C1)OCc1ccccc1. The fourth-order valence-electron chi connectivity index (χ4n) is 3.99. The number of halogens is 3. The highest BCUT2D eigenvalue weighted by molar-refractivity contribution is 5.72. The van der Waals surface area contributed by atoms with Crippen LogP contribution >= 0.6 is 0 Å². The van der Waals surface area contributed by atoms with Gasteiger partial charge in [0, 0.05) is 0 Å². The van der Waals surface area contributed by atoms with Crippen LogP contribution in [0.15, 0.2) is 30.3 Å². The number of alkyl halides is 3. The maximum absolute atomic E-state index is 13.5. The van der Waals surface area contributed by atoms with Crippen molar-refractivity contribution in [2.45, 2.75) is 44.0 Å². The first-order valence-electron chi connectivity index (χ1n) is 7.93. The van der Waals surface area contributed by atoms with Gasteiger partial charge in [0.05, 0.1) is 5.92 Å². The number of carbonyl (C=O) groups excluding carboxylic acids is 1. The number of amides is 1. The van der Waals surface area contributed by atoms with Crippen LogP contribution < -0.4 is 5.32 Å². The molecular weight excluding hydrogens is 339 g/mol. The van der Waals surface area contributed by atoms with Gasteiger partial charge < -0.3 is 15.2 Å². The van der Waals surface area contributed by atoms with E-state index in [-0.39, 0.29) is 32.3 Å². The van der Waals surface area contributed by atoms with Crippen LogP contribution in [-0.2, 0) is 16.1 Å². The molecule has 0 radical (unpaired) electrons. The lowest BCUT2D eigenvalue weighted by Crippen LogP contribution is -2.72. The number of rotatable bonds is 4. The molecule has 0 heterocycles. The lowest BCUT2D eigenvalue weighted by atomic mass is 9.45. The fraction of sp³-hybridized carbons (Fsp3) is 0.529. The van der Waals surface area contributed by atoms with Gasteiger partial charge in [0.2, 0.25) is 0 Å². The third-order valence-electron chi connectivity index (χ3n) is 5.16. The smallest absolute Gasteiger partial charge is 0.411 e. The average Bonchev–Trinajstić information content (AvgIpc) is 2.45. The molecule has 0 saturated heterocycles. The highest BCUT2D eigenvalue weighted by atomic mass is 19.4. The Morgan fingerprint density at radius 3 is 2.32 bits per heavy atom. The minimum Gasteiger partial charge on any atom is -0.481 e. The van der Waals surface area contributed by atoms with Crippen LogP contribution in [0.2, 0.25) is 0 Å². The quantitative estimate of drug-likeness (QED) is 0.865. The Labute approximate surface area is 142 Å². The number of ether oxygens (including phenoxy) is 1. The number of carboxylic acid groups (broad SMARTS) is 1. The summed E-state index contributed by atoms with van der Waals surface area (Å²) in [5, 5.41) is 10.9. The van der Waals surface area contributed by atoms with Crippen molar-refractivity contribution < 1.29 is 32.6 Å². The summed E-state index contributed by atoms with van der Waals surface area (Å²) in [5.74, 6) is -1.57. The summed E-state index contributed by atoms with van der Waals surface area (Å²) in [4.78, 5) is 22.7. The number of nitrogens with one attached hydrogen (secondary N) is 1. The highest BCUT2D eigenvalue weighted by Crippen LogP contribution is 2.66. The fourth-order valence-corrected chi connectivity index (χ4v) is 3.99. The summed E-state index contributed by atoms with van der Waals surface area (Å²) in [6.45, 7) is -0.118. The first-order valence-corrected chi connectivity index (χ1v) is 7.93. The van der Waals surface area contributed by atoms with Gasteiger partial charge in [-0.25, -0.2) is 4.79 Å². The molecule has 1 aromatic rings. The van der Waals surface area contributed by atoms with E-state index in [1.165, 1.54) is 0 Å². The number of alkyl carbamates (subject to hydrolysis) is 1. The molecule has 0 aromatic heterocycles. The summed E-state index contributed by atoms with van der Waals surface area (Å²) in [7, 11) is 0. The van der Waals surface area contributed by atoms with Crippen molar-refractivity contribution >= 4 is 12.1 Å². The van der Waals surface area contributed by atoms with Crippen LogP contribution in [0.5, 0.6) is 0 Å². The maximum atomic E-state index is 13.5. The Kier molecular flexibility index (Phi) is 4.17. The number of benzene rings is 1. The molecule has 2 fully saturated rings. The van der Waals surface area contributed by atoms with E-state index in [0.717, 1.165) is 0 Å². The van der Waals surface area contributed by atoms with Crippen LogP contribution in [0.1, 0.15) is 31.2 Å². The number of hydrogen-bond acceptors (Lipinski definition) is 3. The van der Waals surface area contributed by atoms with Crippen LogP contribution in [0, 0.1) is 11.3 Å². The second-order valence-electron chi connectivity index (χ2n) is 7.06. The van der Waals surface area contributed by atoms with Gasteiger partial charge in [-0.2, -0.15) is 13.2 Å². The van der Waals surface area contributed by atoms with E-state index in [1.807, 2.05) is 5.32 Å². The largest absolute Gasteiger partial charge is 0.481 e. The zero-order valence-electron chi connectivity index (χ0n) is 13.3. The second-order valence-corrected chi connectivity index (χ2v) is 7.06. The predicted octanol–water partition coefficient (Wildman–Crippen LogP) is 3.49. The van der Waals surface area contributed by atoms with Crippen molar-refractivity contribution in [2.75, 3.05) is 0 Å².